The number of ether oxygens (including phenoxy) is 1. The number of aromatic amines is 1. The van der Waals surface area contributed by atoms with E-state index in [0.29, 0.717) is 16.1 Å². The lowest BCUT2D eigenvalue weighted by Crippen LogP contribution is -2.18. The van der Waals surface area contributed by atoms with Gasteiger partial charge >= 0.3 is 5.97 Å². The van der Waals surface area contributed by atoms with Gasteiger partial charge in [-0.25, -0.2) is 4.79 Å². The fourth-order valence-corrected chi connectivity index (χ4v) is 2.29. The number of nitrogens with one attached hydrogen (secondary N) is 1. The highest BCUT2D eigenvalue weighted by Gasteiger charge is 2.15. The van der Waals surface area contributed by atoms with Crippen molar-refractivity contribution in [2.75, 3.05) is 7.11 Å². The van der Waals surface area contributed by atoms with E-state index in [9.17, 15) is 9.59 Å². The zero-order valence-electron chi connectivity index (χ0n) is 10.2. The Bertz CT molecular complexity index is 740. The van der Waals surface area contributed by atoms with Gasteiger partial charge in [-0.05, 0) is 12.1 Å². The lowest BCUT2D eigenvalue weighted by Gasteiger charge is -2.08. The number of aromatic nitrogens is 1. The molecular weight excluding hydrogens is 325 g/mol. The maximum absolute atomic E-state index is 11.6. The van der Waals surface area contributed by atoms with E-state index in [1.165, 1.54) is 19.4 Å². The third-order valence-corrected chi connectivity index (χ3v) is 3.95. The number of carbonyl (C=O) groups is 1. The first-order valence-corrected chi connectivity index (χ1v) is 6.54. The monoisotopic (exact) mass is 331 g/mol. The molecule has 4 nitrogen and oxygen atoms in total. The molecular formula is C13H8Cl3NO3. The first-order chi connectivity index (χ1) is 9.45. The Labute approximate surface area is 129 Å². The minimum atomic E-state index is -0.732. The normalized spacial score (nSPS) is 10.4. The van der Waals surface area contributed by atoms with E-state index < -0.39 is 11.5 Å². The Hall–Kier alpha value is -1.49. The smallest absolute Gasteiger partial charge is 0.343 e. The highest BCUT2D eigenvalue weighted by atomic mass is 35.5. The summed E-state index contributed by atoms with van der Waals surface area (Å²) in [5.74, 6) is -0.732. The second kappa shape index (κ2) is 5.87. The summed E-state index contributed by atoms with van der Waals surface area (Å²) >= 11 is 17.9. The number of rotatable bonds is 2. The summed E-state index contributed by atoms with van der Waals surface area (Å²) in [7, 11) is 1.20. The highest BCUT2D eigenvalue weighted by Crippen LogP contribution is 2.37. The van der Waals surface area contributed by atoms with Crippen molar-refractivity contribution in [1.29, 1.82) is 0 Å². The molecule has 1 N–H and O–H groups in total. The molecule has 2 aromatic rings. The zero-order chi connectivity index (χ0) is 14.9. The summed E-state index contributed by atoms with van der Waals surface area (Å²) in [5, 5.41) is 0.761. The van der Waals surface area contributed by atoms with E-state index in [4.69, 9.17) is 34.8 Å². The minimum Gasteiger partial charge on any atom is -0.465 e. The van der Waals surface area contributed by atoms with Crippen LogP contribution in [0.2, 0.25) is 15.1 Å². The number of H-pyrrole nitrogens is 1. The van der Waals surface area contributed by atoms with Crippen molar-refractivity contribution in [3.8, 4) is 11.1 Å². The van der Waals surface area contributed by atoms with Crippen LogP contribution in [0.3, 0.4) is 0 Å². The first kappa shape index (κ1) is 14.9. The molecule has 0 fully saturated rings. The van der Waals surface area contributed by atoms with Gasteiger partial charge in [0.1, 0.15) is 5.56 Å². The second-order valence-corrected chi connectivity index (χ2v) is 5.01. The largest absolute Gasteiger partial charge is 0.465 e. The SMILES string of the molecule is COC(=O)c1cc(-c2ccc(Cl)c(Cl)c2Cl)c[nH]c1=O. The van der Waals surface area contributed by atoms with Gasteiger partial charge in [-0.2, -0.15) is 0 Å². The summed E-state index contributed by atoms with van der Waals surface area (Å²) in [6.45, 7) is 0. The van der Waals surface area contributed by atoms with Gasteiger partial charge in [-0.15, -0.1) is 0 Å². The van der Waals surface area contributed by atoms with E-state index >= 15 is 0 Å². The van der Waals surface area contributed by atoms with Gasteiger partial charge in [-0.3, -0.25) is 4.79 Å². The minimum absolute atomic E-state index is 0.118. The number of esters is 1. The van der Waals surface area contributed by atoms with Gasteiger partial charge in [-0.1, -0.05) is 40.9 Å². The number of methoxy groups -OCH3 is 1. The first-order valence-electron chi connectivity index (χ1n) is 5.40. The number of benzene rings is 1. The molecule has 0 aliphatic heterocycles. The van der Waals surface area contributed by atoms with Crippen LogP contribution in [0.1, 0.15) is 10.4 Å². The molecule has 0 unspecified atom stereocenters. The third kappa shape index (κ3) is 2.68. The number of hydrogen-bond acceptors (Lipinski definition) is 3. The molecule has 0 aliphatic rings. The van der Waals surface area contributed by atoms with Crippen LogP contribution in [0.25, 0.3) is 11.1 Å². The van der Waals surface area contributed by atoms with Gasteiger partial charge in [0.2, 0.25) is 0 Å². The Kier molecular flexibility index (Phi) is 4.38. The van der Waals surface area contributed by atoms with Crippen LogP contribution in [0.4, 0.5) is 0 Å². The van der Waals surface area contributed by atoms with Crippen LogP contribution in [0, 0.1) is 0 Å². The molecule has 7 heteroatoms. The van der Waals surface area contributed by atoms with Crippen molar-refractivity contribution >= 4 is 40.8 Å². The summed E-state index contributed by atoms with van der Waals surface area (Å²) in [6, 6.07) is 4.61. The second-order valence-electron chi connectivity index (χ2n) is 3.85. The summed E-state index contributed by atoms with van der Waals surface area (Å²) < 4.78 is 4.54. The van der Waals surface area contributed by atoms with Crippen molar-refractivity contribution in [1.82, 2.24) is 4.98 Å². The molecule has 1 heterocycles. The summed E-state index contributed by atoms with van der Waals surface area (Å²) in [5.41, 5.74) is 0.403. The van der Waals surface area contributed by atoms with Crippen LogP contribution < -0.4 is 5.56 Å². The average Bonchev–Trinajstić information content (AvgIpc) is 2.45. The number of carbonyl (C=O) groups excluding carboxylic acids is 1. The Morgan fingerprint density at radius 2 is 1.90 bits per heavy atom. The molecule has 0 bridgehead atoms. The van der Waals surface area contributed by atoms with Crippen molar-refractivity contribution in [2.24, 2.45) is 0 Å². The molecule has 0 aliphatic carbocycles. The maximum Gasteiger partial charge on any atom is 0.343 e. The van der Waals surface area contributed by atoms with Gasteiger partial charge in [0.15, 0.2) is 0 Å². The van der Waals surface area contributed by atoms with Gasteiger partial charge in [0.05, 0.1) is 22.2 Å². The molecule has 0 saturated heterocycles. The van der Waals surface area contributed by atoms with E-state index in [2.05, 4.69) is 9.72 Å². The Morgan fingerprint density at radius 3 is 2.55 bits per heavy atom. The van der Waals surface area contributed by atoms with Crippen LogP contribution in [-0.4, -0.2) is 18.1 Å². The van der Waals surface area contributed by atoms with Gasteiger partial charge < -0.3 is 9.72 Å². The van der Waals surface area contributed by atoms with Crippen LogP contribution in [0.15, 0.2) is 29.2 Å². The molecule has 0 saturated carbocycles. The molecule has 0 radical (unpaired) electrons. The van der Waals surface area contributed by atoms with Crippen molar-refractivity contribution < 1.29 is 9.53 Å². The van der Waals surface area contributed by atoms with Gasteiger partial charge in [0.25, 0.3) is 5.56 Å². The summed E-state index contributed by atoms with van der Waals surface area (Å²) in [4.78, 5) is 25.5. The number of halogens is 3. The van der Waals surface area contributed by atoms with Crippen LogP contribution >= 0.6 is 34.8 Å². The predicted octanol–water partition coefficient (Wildman–Crippen LogP) is 3.79. The predicted molar refractivity (Wildman–Crippen MR) is 78.9 cm³/mol. The van der Waals surface area contributed by atoms with Crippen LogP contribution in [-0.2, 0) is 4.74 Å². The fraction of sp³-hybridized carbons (Fsp3) is 0.0769. The van der Waals surface area contributed by atoms with Gasteiger partial charge in [0, 0.05) is 17.3 Å². The van der Waals surface area contributed by atoms with Crippen molar-refractivity contribution in [3.63, 3.8) is 0 Å². The Morgan fingerprint density at radius 1 is 1.20 bits per heavy atom. The molecule has 0 spiro atoms. The molecule has 1 aromatic heterocycles. The number of pyridine rings is 1. The molecule has 2 rings (SSSR count). The fourth-order valence-electron chi connectivity index (χ4n) is 1.65. The average molecular weight is 333 g/mol. The topological polar surface area (TPSA) is 59.2 Å². The maximum atomic E-state index is 11.6. The van der Waals surface area contributed by atoms with E-state index in [1.54, 1.807) is 12.1 Å². The molecule has 20 heavy (non-hydrogen) atoms. The quantitative estimate of drug-likeness (QED) is 0.672. The zero-order valence-corrected chi connectivity index (χ0v) is 12.4. The van der Waals surface area contributed by atoms with E-state index in [-0.39, 0.29) is 15.6 Å². The third-order valence-electron chi connectivity index (χ3n) is 2.65. The van der Waals surface area contributed by atoms with E-state index in [0.717, 1.165) is 0 Å². The van der Waals surface area contributed by atoms with E-state index in [1.807, 2.05) is 0 Å². The molecule has 0 atom stereocenters. The lowest BCUT2D eigenvalue weighted by atomic mass is 10.1. The van der Waals surface area contributed by atoms with Crippen molar-refractivity contribution in [3.05, 3.63) is 55.4 Å². The van der Waals surface area contributed by atoms with Crippen LogP contribution in [0.5, 0.6) is 0 Å². The molecule has 0 amide bonds. The van der Waals surface area contributed by atoms with Crippen molar-refractivity contribution in [2.45, 2.75) is 0 Å². The Balaban J connectivity index is 2.63. The lowest BCUT2D eigenvalue weighted by molar-refractivity contribution is 0.0598. The summed E-state index contributed by atoms with van der Waals surface area (Å²) in [6.07, 6.45) is 1.43. The number of hydrogen-bond donors (Lipinski definition) is 1. The standard InChI is InChI=1S/C13H8Cl3NO3/c1-20-13(19)8-4-6(5-17-12(8)18)7-2-3-9(14)11(16)10(7)15/h2-5H,1H3,(H,17,18). The molecule has 1 aromatic carbocycles. The highest BCUT2D eigenvalue weighted by molar-refractivity contribution is 6.49. The molecule has 104 valence electrons.